The van der Waals surface area contributed by atoms with Crippen molar-refractivity contribution < 1.29 is 14.3 Å². The predicted molar refractivity (Wildman–Crippen MR) is 59.0 cm³/mol. The molecule has 0 amide bonds. The molecule has 0 atom stereocenters. The third-order valence-electron chi connectivity index (χ3n) is 1.74. The van der Waals surface area contributed by atoms with Gasteiger partial charge in [-0.3, -0.25) is 0 Å². The SMILES string of the molecule is O=C(O)c1coc(Sc2ccccc2Cl)n1. The summed E-state index contributed by atoms with van der Waals surface area (Å²) < 4.78 is 5.00. The van der Waals surface area contributed by atoms with Crippen LogP contribution in [-0.4, -0.2) is 16.1 Å². The Bertz CT molecular complexity index is 526. The van der Waals surface area contributed by atoms with Gasteiger partial charge >= 0.3 is 5.97 Å². The zero-order valence-corrected chi connectivity index (χ0v) is 9.46. The van der Waals surface area contributed by atoms with Gasteiger partial charge in [0, 0.05) is 4.90 Å². The number of benzene rings is 1. The number of carboxylic acids is 1. The van der Waals surface area contributed by atoms with Crippen molar-refractivity contribution in [1.29, 1.82) is 0 Å². The van der Waals surface area contributed by atoms with Gasteiger partial charge in [-0.1, -0.05) is 23.7 Å². The van der Waals surface area contributed by atoms with Crippen LogP contribution in [0.2, 0.25) is 5.02 Å². The molecule has 0 saturated heterocycles. The molecule has 4 nitrogen and oxygen atoms in total. The van der Waals surface area contributed by atoms with Crippen molar-refractivity contribution in [2.75, 3.05) is 0 Å². The summed E-state index contributed by atoms with van der Waals surface area (Å²) in [6.07, 6.45) is 1.10. The van der Waals surface area contributed by atoms with E-state index in [-0.39, 0.29) is 10.9 Å². The van der Waals surface area contributed by atoms with Crippen LogP contribution in [-0.2, 0) is 0 Å². The highest BCUT2D eigenvalue weighted by Gasteiger charge is 2.12. The Morgan fingerprint density at radius 1 is 1.44 bits per heavy atom. The van der Waals surface area contributed by atoms with Crippen LogP contribution in [0.3, 0.4) is 0 Å². The first-order valence-electron chi connectivity index (χ1n) is 4.28. The minimum atomic E-state index is -1.12. The summed E-state index contributed by atoms with van der Waals surface area (Å²) in [6, 6.07) is 7.18. The molecule has 0 unspecified atom stereocenters. The zero-order chi connectivity index (χ0) is 11.5. The maximum atomic E-state index is 10.6. The molecule has 6 heteroatoms. The van der Waals surface area contributed by atoms with E-state index in [0.717, 1.165) is 11.2 Å². The number of carbonyl (C=O) groups is 1. The van der Waals surface area contributed by atoms with Crippen LogP contribution in [0.5, 0.6) is 0 Å². The third-order valence-corrected chi connectivity index (χ3v) is 3.12. The smallest absolute Gasteiger partial charge is 0.357 e. The average molecular weight is 256 g/mol. The van der Waals surface area contributed by atoms with Crippen LogP contribution in [0, 0.1) is 0 Å². The molecule has 0 saturated carbocycles. The lowest BCUT2D eigenvalue weighted by molar-refractivity contribution is 0.0690. The molecule has 0 bridgehead atoms. The number of hydrogen-bond acceptors (Lipinski definition) is 4. The summed E-state index contributed by atoms with van der Waals surface area (Å²) in [5.74, 6) is -1.12. The number of carboxylic acid groups (broad SMARTS) is 1. The van der Waals surface area contributed by atoms with Crippen molar-refractivity contribution >= 4 is 29.3 Å². The molecule has 0 fully saturated rings. The van der Waals surface area contributed by atoms with Crippen LogP contribution < -0.4 is 0 Å². The Balaban J connectivity index is 2.21. The molecule has 2 aromatic rings. The number of nitrogens with zero attached hydrogens (tertiary/aromatic N) is 1. The second-order valence-electron chi connectivity index (χ2n) is 2.84. The van der Waals surface area contributed by atoms with Crippen LogP contribution in [0.15, 0.2) is 45.1 Å². The van der Waals surface area contributed by atoms with Crippen molar-refractivity contribution in [3.05, 3.63) is 41.2 Å². The molecule has 1 aromatic carbocycles. The van der Waals surface area contributed by atoms with Crippen molar-refractivity contribution in [2.45, 2.75) is 10.1 Å². The minimum absolute atomic E-state index is 0.116. The average Bonchev–Trinajstić information content (AvgIpc) is 2.70. The maximum Gasteiger partial charge on any atom is 0.357 e. The van der Waals surface area contributed by atoms with Gasteiger partial charge in [-0.25, -0.2) is 4.79 Å². The fourth-order valence-electron chi connectivity index (χ4n) is 1.02. The first-order valence-corrected chi connectivity index (χ1v) is 5.47. The molecular weight excluding hydrogens is 250 g/mol. The van der Waals surface area contributed by atoms with Crippen LogP contribution in [0.1, 0.15) is 10.5 Å². The summed E-state index contributed by atoms with van der Waals surface area (Å²) in [6.45, 7) is 0. The van der Waals surface area contributed by atoms with E-state index in [1.807, 2.05) is 12.1 Å². The lowest BCUT2D eigenvalue weighted by Crippen LogP contribution is -1.95. The van der Waals surface area contributed by atoms with Crippen LogP contribution >= 0.6 is 23.4 Å². The highest BCUT2D eigenvalue weighted by atomic mass is 35.5. The van der Waals surface area contributed by atoms with Gasteiger partial charge in [0.25, 0.3) is 5.22 Å². The number of aromatic carboxylic acids is 1. The van der Waals surface area contributed by atoms with Gasteiger partial charge in [0.2, 0.25) is 0 Å². The second-order valence-corrected chi connectivity index (χ2v) is 4.24. The van der Waals surface area contributed by atoms with E-state index in [1.54, 1.807) is 12.1 Å². The summed E-state index contributed by atoms with van der Waals surface area (Å²) >= 11 is 7.12. The molecule has 82 valence electrons. The molecule has 0 aliphatic rings. The Kier molecular flexibility index (Phi) is 3.17. The van der Waals surface area contributed by atoms with E-state index in [4.69, 9.17) is 21.1 Å². The van der Waals surface area contributed by atoms with Crippen molar-refractivity contribution in [1.82, 2.24) is 4.98 Å². The number of rotatable bonds is 3. The summed E-state index contributed by atoms with van der Waals surface area (Å²) in [7, 11) is 0. The fourth-order valence-corrected chi connectivity index (χ4v) is 2.02. The van der Waals surface area contributed by atoms with Crippen molar-refractivity contribution in [3.63, 3.8) is 0 Å². The standard InChI is InChI=1S/C10H6ClNO3S/c11-6-3-1-2-4-8(6)16-10-12-7(5-15-10)9(13)14/h1-5H,(H,13,14). The minimum Gasteiger partial charge on any atom is -0.476 e. The highest BCUT2D eigenvalue weighted by Crippen LogP contribution is 2.32. The molecule has 0 aliphatic heterocycles. The van der Waals surface area contributed by atoms with E-state index >= 15 is 0 Å². The second kappa shape index (κ2) is 4.59. The number of aromatic nitrogens is 1. The fraction of sp³-hybridized carbons (Fsp3) is 0. The first kappa shape index (κ1) is 11.0. The van der Waals surface area contributed by atoms with E-state index in [2.05, 4.69) is 4.98 Å². The molecule has 16 heavy (non-hydrogen) atoms. The number of halogens is 1. The maximum absolute atomic E-state index is 10.6. The molecule has 1 aromatic heterocycles. The van der Waals surface area contributed by atoms with Crippen LogP contribution in [0.4, 0.5) is 0 Å². The first-order chi connectivity index (χ1) is 7.66. The van der Waals surface area contributed by atoms with Gasteiger partial charge in [0.1, 0.15) is 6.26 Å². The Labute approximate surface area is 100 Å². The van der Waals surface area contributed by atoms with E-state index < -0.39 is 5.97 Å². The molecule has 1 heterocycles. The van der Waals surface area contributed by atoms with E-state index in [0.29, 0.717) is 5.02 Å². The molecular formula is C10H6ClNO3S. The van der Waals surface area contributed by atoms with Gasteiger partial charge in [-0.05, 0) is 23.9 Å². The number of hydrogen-bond donors (Lipinski definition) is 1. The van der Waals surface area contributed by atoms with E-state index in [9.17, 15) is 4.79 Å². The van der Waals surface area contributed by atoms with Gasteiger partial charge in [0.15, 0.2) is 5.69 Å². The molecule has 0 aliphatic carbocycles. The monoisotopic (exact) mass is 255 g/mol. The topological polar surface area (TPSA) is 63.3 Å². The Morgan fingerprint density at radius 3 is 2.81 bits per heavy atom. The summed E-state index contributed by atoms with van der Waals surface area (Å²) in [4.78, 5) is 15.1. The third kappa shape index (κ3) is 2.37. The van der Waals surface area contributed by atoms with Crippen molar-refractivity contribution in [3.8, 4) is 0 Å². The zero-order valence-electron chi connectivity index (χ0n) is 7.88. The predicted octanol–water partition coefficient (Wildman–Crippen LogP) is 3.18. The largest absolute Gasteiger partial charge is 0.476 e. The number of oxazole rings is 1. The van der Waals surface area contributed by atoms with Gasteiger partial charge in [-0.15, -0.1) is 0 Å². The Hall–Kier alpha value is -1.46. The molecule has 0 spiro atoms. The Morgan fingerprint density at radius 2 is 2.19 bits per heavy atom. The summed E-state index contributed by atoms with van der Waals surface area (Å²) in [5.41, 5.74) is -0.116. The molecule has 1 N–H and O–H groups in total. The van der Waals surface area contributed by atoms with Crippen molar-refractivity contribution in [2.24, 2.45) is 0 Å². The molecule has 0 radical (unpaired) electrons. The normalized spacial score (nSPS) is 10.3. The molecule has 2 rings (SSSR count). The van der Waals surface area contributed by atoms with Gasteiger partial charge < -0.3 is 9.52 Å². The van der Waals surface area contributed by atoms with E-state index in [1.165, 1.54) is 11.8 Å². The lowest BCUT2D eigenvalue weighted by atomic mass is 10.4. The highest BCUT2D eigenvalue weighted by molar-refractivity contribution is 7.99. The quantitative estimate of drug-likeness (QED) is 0.913. The lowest BCUT2D eigenvalue weighted by Gasteiger charge is -1.98. The van der Waals surface area contributed by atoms with Crippen LogP contribution in [0.25, 0.3) is 0 Å². The summed E-state index contributed by atoms with van der Waals surface area (Å²) in [5, 5.41) is 9.49. The van der Waals surface area contributed by atoms with Gasteiger partial charge in [-0.2, -0.15) is 4.98 Å². The van der Waals surface area contributed by atoms with Gasteiger partial charge in [0.05, 0.1) is 5.02 Å².